The highest BCUT2D eigenvalue weighted by atomic mass is 32.1. The van der Waals surface area contributed by atoms with Gasteiger partial charge in [-0.1, -0.05) is 31.9 Å². The molecule has 7 heteroatoms. The molecule has 0 aliphatic carbocycles. The second kappa shape index (κ2) is 8.23. The van der Waals surface area contributed by atoms with Gasteiger partial charge in [0.2, 0.25) is 0 Å². The number of halogens is 1. The van der Waals surface area contributed by atoms with Gasteiger partial charge in [0.25, 0.3) is 5.56 Å². The molecule has 2 heterocycles. The van der Waals surface area contributed by atoms with Crippen LogP contribution in [-0.2, 0) is 16.1 Å². The van der Waals surface area contributed by atoms with Gasteiger partial charge in [0, 0.05) is 10.9 Å². The number of nitrogens with zero attached hydrogens (tertiary/aromatic N) is 2. The van der Waals surface area contributed by atoms with E-state index in [9.17, 15) is 14.0 Å². The molecular weight excluding hydrogens is 355 g/mol. The van der Waals surface area contributed by atoms with Crippen LogP contribution in [0.1, 0.15) is 26.2 Å². The molecule has 26 heavy (non-hydrogen) atoms. The normalized spacial score (nSPS) is 11.0. The number of aromatic nitrogens is 2. The molecule has 1 aromatic carbocycles. The first kappa shape index (κ1) is 18.3. The predicted octanol–water partition coefficient (Wildman–Crippen LogP) is 4.00. The molecule has 0 unspecified atom stereocenters. The Morgan fingerprint density at radius 1 is 1.27 bits per heavy atom. The predicted molar refractivity (Wildman–Crippen MR) is 99.8 cm³/mol. The second-order valence-electron chi connectivity index (χ2n) is 5.94. The van der Waals surface area contributed by atoms with Crippen molar-refractivity contribution in [1.29, 1.82) is 0 Å². The Kier molecular flexibility index (Phi) is 5.78. The first-order valence-electron chi connectivity index (χ1n) is 8.48. The molecule has 0 N–H and O–H groups in total. The summed E-state index contributed by atoms with van der Waals surface area (Å²) in [6.07, 6.45) is 4.22. The first-order valence-corrected chi connectivity index (χ1v) is 9.36. The van der Waals surface area contributed by atoms with Gasteiger partial charge in [-0.25, -0.2) is 9.37 Å². The van der Waals surface area contributed by atoms with Crippen LogP contribution in [-0.4, -0.2) is 22.1 Å². The van der Waals surface area contributed by atoms with Gasteiger partial charge >= 0.3 is 5.97 Å². The molecule has 2 aromatic heterocycles. The lowest BCUT2D eigenvalue weighted by molar-refractivity contribution is -0.144. The zero-order chi connectivity index (χ0) is 18.5. The number of fused-ring (bicyclic) bond motifs is 1. The van der Waals surface area contributed by atoms with E-state index in [1.807, 2.05) is 5.38 Å². The van der Waals surface area contributed by atoms with Crippen LogP contribution in [0.4, 0.5) is 4.39 Å². The average Bonchev–Trinajstić information content (AvgIpc) is 3.07. The number of ether oxygens (including phenoxy) is 1. The summed E-state index contributed by atoms with van der Waals surface area (Å²) in [5.74, 6) is -0.794. The van der Waals surface area contributed by atoms with Crippen molar-refractivity contribution in [1.82, 2.24) is 9.55 Å². The van der Waals surface area contributed by atoms with E-state index in [2.05, 4.69) is 11.9 Å². The van der Waals surface area contributed by atoms with Crippen molar-refractivity contribution < 1.29 is 13.9 Å². The molecule has 0 radical (unpaired) electrons. The van der Waals surface area contributed by atoms with Crippen molar-refractivity contribution in [2.24, 2.45) is 0 Å². The van der Waals surface area contributed by atoms with Gasteiger partial charge < -0.3 is 4.74 Å². The maximum absolute atomic E-state index is 13.2. The van der Waals surface area contributed by atoms with E-state index in [1.165, 1.54) is 34.4 Å². The van der Waals surface area contributed by atoms with Crippen LogP contribution in [0.25, 0.3) is 21.3 Å². The van der Waals surface area contributed by atoms with Crippen molar-refractivity contribution in [2.75, 3.05) is 6.61 Å². The van der Waals surface area contributed by atoms with E-state index in [-0.39, 0.29) is 17.9 Å². The van der Waals surface area contributed by atoms with Crippen LogP contribution in [0.3, 0.4) is 0 Å². The first-order chi connectivity index (χ1) is 12.6. The summed E-state index contributed by atoms with van der Waals surface area (Å²) < 4.78 is 19.6. The van der Waals surface area contributed by atoms with Gasteiger partial charge in [0.05, 0.1) is 18.3 Å². The standard InChI is InChI=1S/C19H19FN2O3S/c1-2-3-4-9-25-16(23)10-22-12-21-18-17(19(22)24)15(11-26-18)13-5-7-14(20)8-6-13/h5-8,11-12H,2-4,9-10H2,1H3. The maximum atomic E-state index is 13.2. The lowest BCUT2D eigenvalue weighted by Crippen LogP contribution is -2.25. The minimum atomic E-state index is -0.456. The quantitative estimate of drug-likeness (QED) is 0.463. The molecule has 0 atom stereocenters. The highest BCUT2D eigenvalue weighted by molar-refractivity contribution is 7.17. The van der Waals surface area contributed by atoms with Crippen molar-refractivity contribution in [2.45, 2.75) is 32.7 Å². The Balaban J connectivity index is 1.86. The van der Waals surface area contributed by atoms with Gasteiger partial charge in [0.15, 0.2) is 0 Å². The molecule has 0 fully saturated rings. The summed E-state index contributed by atoms with van der Waals surface area (Å²) in [7, 11) is 0. The summed E-state index contributed by atoms with van der Waals surface area (Å²) in [5.41, 5.74) is 1.12. The van der Waals surface area contributed by atoms with Gasteiger partial charge in [-0.15, -0.1) is 11.3 Å². The van der Waals surface area contributed by atoms with E-state index in [0.717, 1.165) is 24.8 Å². The number of rotatable bonds is 7. The summed E-state index contributed by atoms with van der Waals surface area (Å²) >= 11 is 1.34. The van der Waals surface area contributed by atoms with Gasteiger partial charge in [-0.05, 0) is 24.1 Å². The number of esters is 1. The summed E-state index contributed by atoms with van der Waals surface area (Å²) in [4.78, 5) is 29.6. The highest BCUT2D eigenvalue weighted by Gasteiger charge is 2.15. The fourth-order valence-electron chi connectivity index (χ4n) is 2.64. The molecule has 3 aromatic rings. The second-order valence-corrected chi connectivity index (χ2v) is 6.80. The lowest BCUT2D eigenvalue weighted by atomic mass is 10.1. The van der Waals surface area contributed by atoms with Crippen LogP contribution in [0.5, 0.6) is 0 Å². The molecule has 5 nitrogen and oxygen atoms in total. The minimum Gasteiger partial charge on any atom is -0.464 e. The van der Waals surface area contributed by atoms with E-state index in [1.54, 1.807) is 12.1 Å². The van der Waals surface area contributed by atoms with Crippen molar-refractivity contribution in [3.63, 3.8) is 0 Å². The molecule has 0 amide bonds. The molecule has 3 rings (SSSR count). The Labute approximate surface area is 154 Å². The third kappa shape index (κ3) is 3.99. The third-order valence-corrected chi connectivity index (χ3v) is 4.91. The Bertz CT molecular complexity index is 963. The fraction of sp³-hybridized carbons (Fsp3) is 0.316. The summed E-state index contributed by atoms with van der Waals surface area (Å²) in [6.45, 7) is 2.25. The van der Waals surface area contributed by atoms with Gasteiger partial charge in [0.1, 0.15) is 17.2 Å². The number of thiophene rings is 1. The smallest absolute Gasteiger partial charge is 0.326 e. The van der Waals surface area contributed by atoms with Crippen LogP contribution < -0.4 is 5.56 Å². The number of hydrogen-bond acceptors (Lipinski definition) is 5. The Morgan fingerprint density at radius 2 is 2.04 bits per heavy atom. The van der Waals surface area contributed by atoms with Crippen molar-refractivity contribution >= 4 is 27.5 Å². The summed E-state index contributed by atoms with van der Waals surface area (Å²) in [6, 6.07) is 5.94. The number of hydrogen-bond donors (Lipinski definition) is 0. The molecule has 0 saturated heterocycles. The summed E-state index contributed by atoms with van der Waals surface area (Å²) in [5, 5.41) is 2.25. The number of benzene rings is 1. The van der Waals surface area contributed by atoms with E-state index in [4.69, 9.17) is 4.74 Å². The van der Waals surface area contributed by atoms with E-state index >= 15 is 0 Å². The molecule has 0 spiro atoms. The van der Waals surface area contributed by atoms with E-state index in [0.29, 0.717) is 22.4 Å². The third-order valence-electron chi connectivity index (χ3n) is 4.03. The van der Waals surface area contributed by atoms with Crippen LogP contribution >= 0.6 is 11.3 Å². The lowest BCUT2D eigenvalue weighted by Gasteiger charge is -2.07. The SMILES string of the molecule is CCCCCOC(=O)Cn1cnc2scc(-c3ccc(F)cc3)c2c1=O. The van der Waals surface area contributed by atoms with Crippen LogP contribution in [0.15, 0.2) is 40.8 Å². The van der Waals surface area contributed by atoms with Crippen molar-refractivity contribution in [3.05, 3.63) is 52.1 Å². The minimum absolute atomic E-state index is 0.174. The van der Waals surface area contributed by atoms with Gasteiger partial charge in [-0.3, -0.25) is 14.2 Å². The largest absolute Gasteiger partial charge is 0.464 e. The average molecular weight is 374 g/mol. The Hall–Kier alpha value is -2.54. The highest BCUT2D eigenvalue weighted by Crippen LogP contribution is 2.30. The molecule has 136 valence electrons. The zero-order valence-corrected chi connectivity index (χ0v) is 15.2. The van der Waals surface area contributed by atoms with E-state index < -0.39 is 5.97 Å². The molecule has 0 aliphatic rings. The fourth-order valence-corrected chi connectivity index (χ4v) is 3.55. The van der Waals surface area contributed by atoms with Crippen LogP contribution in [0, 0.1) is 5.82 Å². The van der Waals surface area contributed by atoms with Crippen LogP contribution in [0.2, 0.25) is 0 Å². The number of carbonyl (C=O) groups excluding carboxylic acids is 1. The monoisotopic (exact) mass is 374 g/mol. The number of carbonyl (C=O) groups is 1. The molecule has 0 saturated carbocycles. The Morgan fingerprint density at radius 3 is 2.77 bits per heavy atom. The van der Waals surface area contributed by atoms with Crippen molar-refractivity contribution in [3.8, 4) is 11.1 Å². The molecule has 0 bridgehead atoms. The molecular formula is C19H19FN2O3S. The van der Waals surface area contributed by atoms with Gasteiger partial charge in [-0.2, -0.15) is 0 Å². The maximum Gasteiger partial charge on any atom is 0.326 e. The topological polar surface area (TPSA) is 61.2 Å². The zero-order valence-electron chi connectivity index (χ0n) is 14.4. The molecule has 0 aliphatic heterocycles. The number of unbranched alkanes of at least 4 members (excludes halogenated alkanes) is 2.